The maximum absolute atomic E-state index is 14.0. The average molecular weight is 819 g/mol. The van der Waals surface area contributed by atoms with Crippen molar-refractivity contribution < 1.29 is 19.1 Å². The van der Waals surface area contributed by atoms with E-state index in [-0.39, 0.29) is 24.1 Å². The van der Waals surface area contributed by atoms with Crippen molar-refractivity contribution in [2.75, 3.05) is 46.0 Å². The van der Waals surface area contributed by atoms with E-state index in [1.807, 2.05) is 118 Å². The zero-order chi connectivity index (χ0) is 43.2. The molecule has 0 bridgehead atoms. The molecule has 2 atom stereocenters. The van der Waals surface area contributed by atoms with Crippen LogP contribution < -0.4 is 19.6 Å². The lowest BCUT2D eigenvalue weighted by Crippen LogP contribution is -2.62. The Balaban J connectivity index is 0.000000158. The summed E-state index contributed by atoms with van der Waals surface area (Å²) < 4.78 is 11.4. The number of ether oxygens (including phenoxy) is 2. The van der Waals surface area contributed by atoms with Crippen LogP contribution in [-0.2, 0) is 9.47 Å². The Morgan fingerprint density at radius 2 is 0.806 bits per heavy atom. The van der Waals surface area contributed by atoms with Crippen molar-refractivity contribution in [1.29, 1.82) is 10.5 Å². The van der Waals surface area contributed by atoms with Gasteiger partial charge in [-0.05, 0) is 112 Å². The molecule has 10 rings (SSSR count). The minimum absolute atomic E-state index is 0.0802. The molecule has 4 aliphatic rings. The zero-order valence-electron chi connectivity index (χ0n) is 35.2. The molecule has 0 radical (unpaired) electrons. The lowest BCUT2D eigenvalue weighted by atomic mass is 9.82. The lowest BCUT2D eigenvalue weighted by Gasteiger charge is -2.47. The first-order valence-electron chi connectivity index (χ1n) is 20.8. The zero-order valence-corrected chi connectivity index (χ0v) is 35.2. The summed E-state index contributed by atoms with van der Waals surface area (Å²) in [5.41, 5.74) is 10.2. The van der Waals surface area contributed by atoms with Crippen LogP contribution in [0.4, 0.5) is 32.3 Å². The van der Waals surface area contributed by atoms with Crippen LogP contribution in [-0.4, -0.2) is 49.6 Å². The summed E-state index contributed by atoms with van der Waals surface area (Å²) in [6.07, 6.45) is 0. The smallest absolute Gasteiger partial charge is 0.330 e. The third-order valence-electron chi connectivity index (χ3n) is 12.5. The second-order valence-electron chi connectivity index (χ2n) is 16.8. The molecule has 6 aromatic carbocycles. The number of carbonyl (C=O) groups excluding carboxylic acids is 2. The van der Waals surface area contributed by atoms with Gasteiger partial charge in [0.15, 0.2) is 0 Å². The van der Waals surface area contributed by atoms with Crippen molar-refractivity contribution in [2.45, 2.75) is 50.9 Å². The minimum atomic E-state index is -0.510. The summed E-state index contributed by atoms with van der Waals surface area (Å²) in [6, 6.07) is 51.0. The van der Waals surface area contributed by atoms with Gasteiger partial charge in [-0.1, -0.05) is 95.1 Å². The fraction of sp³-hybridized carbons (Fsp3) is 0.231. The van der Waals surface area contributed by atoms with Gasteiger partial charge in [0.1, 0.15) is 11.1 Å². The SMILES string of the molecule is Cc1ccc(N2C(=O)N(c3ccc(C#N)cc3)C3(COC3)[C@@H]2c2cccc(C)c2)cc1.Cc1ccc(N2C(=O)N(c3ccc(C#N)cc3)C3(COC3)[C@H]2c2cccc(C)c2)cc1. The number of aryl methyl sites for hydroxylation is 4. The number of rotatable bonds is 6. The number of amides is 4. The van der Waals surface area contributed by atoms with Crippen molar-refractivity contribution >= 4 is 34.8 Å². The second kappa shape index (κ2) is 16.0. The molecule has 4 amide bonds. The quantitative estimate of drug-likeness (QED) is 0.165. The molecule has 4 saturated heterocycles. The molecule has 10 nitrogen and oxygen atoms in total. The number of nitriles is 2. The minimum Gasteiger partial charge on any atom is -0.376 e. The molecule has 0 aromatic heterocycles. The van der Waals surface area contributed by atoms with Crippen LogP contribution in [0.3, 0.4) is 0 Å². The van der Waals surface area contributed by atoms with E-state index in [9.17, 15) is 20.1 Å². The molecule has 6 aromatic rings. The largest absolute Gasteiger partial charge is 0.376 e. The van der Waals surface area contributed by atoms with Crippen LogP contribution >= 0.6 is 0 Å². The molecule has 4 heterocycles. The van der Waals surface area contributed by atoms with Crippen LogP contribution in [0.15, 0.2) is 146 Å². The molecule has 0 saturated carbocycles. The highest BCUT2D eigenvalue weighted by Gasteiger charge is 2.64. The van der Waals surface area contributed by atoms with Gasteiger partial charge in [0.25, 0.3) is 0 Å². The van der Waals surface area contributed by atoms with Crippen LogP contribution in [0.1, 0.15) is 56.6 Å². The van der Waals surface area contributed by atoms with Crippen LogP contribution in [0, 0.1) is 50.4 Å². The van der Waals surface area contributed by atoms with Gasteiger partial charge < -0.3 is 9.47 Å². The van der Waals surface area contributed by atoms with Gasteiger partial charge >= 0.3 is 12.1 Å². The van der Waals surface area contributed by atoms with Gasteiger partial charge in [-0.2, -0.15) is 10.5 Å². The highest BCUT2D eigenvalue weighted by Crippen LogP contribution is 2.53. The Labute approximate surface area is 362 Å². The second-order valence-corrected chi connectivity index (χ2v) is 16.8. The normalized spacial score (nSPS) is 19.4. The van der Waals surface area contributed by atoms with Crippen molar-refractivity contribution in [3.05, 3.63) is 190 Å². The Morgan fingerprint density at radius 1 is 0.468 bits per heavy atom. The van der Waals surface area contributed by atoms with Crippen LogP contribution in [0.5, 0.6) is 0 Å². The Kier molecular flexibility index (Phi) is 10.4. The maximum atomic E-state index is 14.0. The van der Waals surface area contributed by atoms with Crippen molar-refractivity contribution in [1.82, 2.24) is 0 Å². The van der Waals surface area contributed by atoms with Crippen LogP contribution in [0.2, 0.25) is 0 Å². The molecule has 4 aliphatic heterocycles. The van der Waals surface area contributed by atoms with E-state index < -0.39 is 11.1 Å². The van der Waals surface area contributed by atoms with E-state index in [0.29, 0.717) is 37.6 Å². The number of nitrogens with zero attached hydrogens (tertiary/aromatic N) is 6. The Morgan fingerprint density at radius 3 is 1.10 bits per heavy atom. The highest BCUT2D eigenvalue weighted by molar-refractivity contribution is 6.10. The monoisotopic (exact) mass is 818 g/mol. The van der Waals surface area contributed by atoms with Gasteiger partial charge in [0.05, 0.1) is 61.8 Å². The first-order valence-corrected chi connectivity index (χ1v) is 20.8. The van der Waals surface area contributed by atoms with Gasteiger partial charge in [0, 0.05) is 22.7 Å². The average Bonchev–Trinajstić information content (AvgIpc) is 3.71. The van der Waals surface area contributed by atoms with Crippen molar-refractivity contribution in [3.8, 4) is 12.1 Å². The first kappa shape index (κ1) is 40.2. The van der Waals surface area contributed by atoms with E-state index in [4.69, 9.17) is 9.47 Å². The fourth-order valence-electron chi connectivity index (χ4n) is 9.37. The summed E-state index contributed by atoms with van der Waals surface area (Å²) in [4.78, 5) is 35.4. The summed E-state index contributed by atoms with van der Waals surface area (Å²) in [7, 11) is 0. The van der Waals surface area contributed by atoms with Crippen LogP contribution in [0.25, 0.3) is 0 Å². The van der Waals surface area contributed by atoms with E-state index in [1.165, 1.54) is 0 Å². The van der Waals surface area contributed by atoms with E-state index in [2.05, 4.69) is 62.4 Å². The summed E-state index contributed by atoms with van der Waals surface area (Å²) in [5, 5.41) is 18.4. The molecule has 4 fully saturated rings. The molecular weight excluding hydrogens is 773 g/mol. The predicted molar refractivity (Wildman–Crippen MR) is 240 cm³/mol. The molecule has 2 spiro atoms. The molecule has 0 unspecified atom stereocenters. The number of hydrogen-bond donors (Lipinski definition) is 0. The predicted octanol–water partition coefficient (Wildman–Crippen LogP) is 10.3. The summed E-state index contributed by atoms with van der Waals surface area (Å²) >= 11 is 0. The molecule has 0 N–H and O–H groups in total. The molecule has 10 heteroatoms. The fourth-order valence-corrected chi connectivity index (χ4v) is 9.37. The van der Waals surface area contributed by atoms with Gasteiger partial charge in [-0.15, -0.1) is 0 Å². The van der Waals surface area contributed by atoms with Gasteiger partial charge in [-0.25, -0.2) is 9.59 Å². The third-order valence-corrected chi connectivity index (χ3v) is 12.5. The summed E-state index contributed by atoms with van der Waals surface area (Å²) in [5.74, 6) is 0. The topological polar surface area (TPSA) is 113 Å². The Bertz CT molecular complexity index is 2540. The number of anilines is 4. The molecule has 308 valence electrons. The standard InChI is InChI=1S/2C26H23N3O2/c2*1-18-6-10-22(11-7-18)28-24(21-5-3-4-19(2)14-21)26(16-31-17-26)29(25(28)30)23-12-8-20(15-27)9-13-23/h2*3-14,24H,16-17H2,1-2H3/t2*24-/m10/s1. The third kappa shape index (κ3) is 6.75. The maximum Gasteiger partial charge on any atom is 0.330 e. The van der Waals surface area contributed by atoms with E-state index in [1.54, 1.807) is 24.3 Å². The molecule has 0 aliphatic carbocycles. The number of benzene rings is 6. The number of urea groups is 2. The van der Waals surface area contributed by atoms with Gasteiger partial charge in [0.2, 0.25) is 0 Å². The van der Waals surface area contributed by atoms with E-state index in [0.717, 1.165) is 56.1 Å². The highest BCUT2D eigenvalue weighted by atomic mass is 16.5. The Hall–Kier alpha value is -7.24. The molecule has 62 heavy (non-hydrogen) atoms. The molecular formula is C52H46N6O4. The number of hydrogen-bond acceptors (Lipinski definition) is 6. The van der Waals surface area contributed by atoms with E-state index >= 15 is 0 Å². The van der Waals surface area contributed by atoms with Gasteiger partial charge in [-0.3, -0.25) is 19.6 Å². The first-order chi connectivity index (χ1) is 30.1. The number of carbonyl (C=O) groups is 2. The summed E-state index contributed by atoms with van der Waals surface area (Å²) in [6.45, 7) is 10.0. The lowest BCUT2D eigenvalue weighted by molar-refractivity contribution is -0.0580. The van der Waals surface area contributed by atoms with Crippen molar-refractivity contribution in [2.24, 2.45) is 0 Å². The van der Waals surface area contributed by atoms with Crippen molar-refractivity contribution in [3.63, 3.8) is 0 Å².